The minimum Gasteiger partial charge on any atom is -0.469 e. The van der Waals surface area contributed by atoms with Crippen molar-refractivity contribution in [2.24, 2.45) is 5.92 Å². The van der Waals surface area contributed by atoms with Gasteiger partial charge < -0.3 is 15.0 Å². The largest absolute Gasteiger partial charge is 0.469 e. The first-order chi connectivity index (χ1) is 14.0. The molecular weight excluding hydrogens is 392 g/mol. The fraction of sp³-hybridized carbons (Fsp3) is 0.400. The monoisotopic (exact) mass is 416 g/mol. The zero-order valence-electron chi connectivity index (χ0n) is 16.2. The number of methoxy groups -OCH3 is 1. The number of nitrogens with one attached hydrogen (secondary N) is 2. The van der Waals surface area contributed by atoms with E-state index in [4.69, 9.17) is 4.74 Å². The zero-order chi connectivity index (χ0) is 20.6. The topological polar surface area (TPSA) is 101 Å². The summed E-state index contributed by atoms with van der Waals surface area (Å²) < 4.78 is 4.77. The second-order valence-corrected chi connectivity index (χ2v) is 7.63. The molecule has 1 aromatic heterocycles. The number of para-hydroxylation sites is 1. The summed E-state index contributed by atoms with van der Waals surface area (Å²) in [5.74, 6) is -0.258. The van der Waals surface area contributed by atoms with Crippen LogP contribution in [-0.2, 0) is 20.7 Å². The van der Waals surface area contributed by atoms with Crippen molar-refractivity contribution in [3.8, 4) is 0 Å². The number of hydrogen-bond acceptors (Lipinski definition) is 6. The SMILES string of the molecule is COC(=O)C1CCN(C(=O)CCc2csc(NC(=O)Nc3ccccc3)n2)CC1. The Morgan fingerprint density at radius 3 is 2.59 bits per heavy atom. The highest BCUT2D eigenvalue weighted by Gasteiger charge is 2.27. The summed E-state index contributed by atoms with van der Waals surface area (Å²) in [7, 11) is 1.39. The van der Waals surface area contributed by atoms with E-state index in [0.717, 1.165) is 5.69 Å². The van der Waals surface area contributed by atoms with Gasteiger partial charge in [0, 0.05) is 30.6 Å². The van der Waals surface area contributed by atoms with Gasteiger partial charge >= 0.3 is 12.0 Å². The lowest BCUT2D eigenvalue weighted by molar-refractivity contribution is -0.148. The minimum absolute atomic E-state index is 0.0534. The number of hydrogen-bond donors (Lipinski definition) is 2. The zero-order valence-corrected chi connectivity index (χ0v) is 17.0. The number of carbonyl (C=O) groups excluding carboxylic acids is 3. The summed E-state index contributed by atoms with van der Waals surface area (Å²) in [6, 6.07) is 8.79. The second-order valence-electron chi connectivity index (χ2n) is 6.77. The Kier molecular flexibility index (Phi) is 7.18. The molecule has 0 aliphatic carbocycles. The highest BCUT2D eigenvalue weighted by molar-refractivity contribution is 7.13. The summed E-state index contributed by atoms with van der Waals surface area (Å²) in [5, 5.41) is 7.76. The fourth-order valence-electron chi connectivity index (χ4n) is 3.18. The average molecular weight is 417 g/mol. The summed E-state index contributed by atoms with van der Waals surface area (Å²) >= 11 is 1.32. The molecular formula is C20H24N4O4S. The van der Waals surface area contributed by atoms with E-state index < -0.39 is 0 Å². The van der Waals surface area contributed by atoms with Crippen LogP contribution in [0.15, 0.2) is 35.7 Å². The van der Waals surface area contributed by atoms with E-state index in [1.807, 2.05) is 23.6 Å². The molecule has 1 aliphatic rings. The number of amides is 3. The Bertz CT molecular complexity index is 847. The van der Waals surface area contributed by atoms with Gasteiger partial charge in [0.2, 0.25) is 5.91 Å². The molecule has 0 saturated carbocycles. The van der Waals surface area contributed by atoms with Crippen molar-refractivity contribution < 1.29 is 19.1 Å². The number of piperidine rings is 1. The lowest BCUT2D eigenvalue weighted by atomic mass is 9.97. The Morgan fingerprint density at radius 2 is 1.90 bits per heavy atom. The van der Waals surface area contributed by atoms with E-state index in [2.05, 4.69) is 15.6 Å². The number of esters is 1. The maximum absolute atomic E-state index is 12.4. The molecule has 3 rings (SSSR count). The molecule has 0 bridgehead atoms. The van der Waals surface area contributed by atoms with Gasteiger partial charge in [-0.2, -0.15) is 0 Å². The van der Waals surface area contributed by atoms with E-state index in [-0.39, 0.29) is 23.8 Å². The second kappa shape index (κ2) is 10.0. The fourth-order valence-corrected chi connectivity index (χ4v) is 3.92. The maximum Gasteiger partial charge on any atom is 0.325 e. The third kappa shape index (κ3) is 6.02. The maximum atomic E-state index is 12.4. The third-order valence-electron chi connectivity index (χ3n) is 4.78. The van der Waals surface area contributed by atoms with Crippen LogP contribution in [0, 0.1) is 5.92 Å². The van der Waals surface area contributed by atoms with Crippen molar-refractivity contribution in [3.63, 3.8) is 0 Å². The van der Waals surface area contributed by atoms with Crippen LogP contribution in [-0.4, -0.2) is 48.0 Å². The molecule has 0 spiro atoms. The number of likely N-dealkylation sites (tertiary alicyclic amines) is 1. The summed E-state index contributed by atoms with van der Waals surface area (Å²) in [4.78, 5) is 42.1. The number of anilines is 2. The predicted octanol–water partition coefficient (Wildman–Crippen LogP) is 3.13. The Balaban J connectivity index is 1.41. The van der Waals surface area contributed by atoms with Crippen LogP contribution in [0.4, 0.5) is 15.6 Å². The highest BCUT2D eigenvalue weighted by Crippen LogP contribution is 2.21. The Hall–Kier alpha value is -2.94. The molecule has 1 aliphatic heterocycles. The van der Waals surface area contributed by atoms with Crippen molar-refractivity contribution >= 4 is 40.1 Å². The van der Waals surface area contributed by atoms with Gasteiger partial charge in [0.25, 0.3) is 0 Å². The molecule has 8 nitrogen and oxygen atoms in total. The quantitative estimate of drug-likeness (QED) is 0.705. The van der Waals surface area contributed by atoms with Gasteiger partial charge in [0.05, 0.1) is 18.7 Å². The van der Waals surface area contributed by atoms with Crippen molar-refractivity contribution in [3.05, 3.63) is 41.4 Å². The number of rotatable bonds is 6. The smallest absolute Gasteiger partial charge is 0.325 e. The molecule has 29 heavy (non-hydrogen) atoms. The molecule has 154 valence electrons. The van der Waals surface area contributed by atoms with Crippen LogP contribution in [0.2, 0.25) is 0 Å². The number of aryl methyl sites for hydroxylation is 1. The summed E-state index contributed by atoms with van der Waals surface area (Å²) in [6.07, 6.45) is 2.13. The first-order valence-corrected chi connectivity index (χ1v) is 10.4. The lowest BCUT2D eigenvalue weighted by Crippen LogP contribution is -2.40. The van der Waals surface area contributed by atoms with Crippen LogP contribution >= 0.6 is 11.3 Å². The van der Waals surface area contributed by atoms with Gasteiger partial charge in [-0.15, -0.1) is 11.3 Å². The Morgan fingerprint density at radius 1 is 1.17 bits per heavy atom. The Labute approximate surface area is 173 Å². The van der Waals surface area contributed by atoms with E-state index in [1.54, 1.807) is 17.0 Å². The standard InChI is InChI=1S/C20H24N4O4S/c1-28-18(26)14-9-11-24(12-10-14)17(25)8-7-16-13-29-20(22-16)23-19(27)21-15-5-3-2-4-6-15/h2-6,13-14H,7-12H2,1H3,(H2,21,22,23,27). The van der Waals surface area contributed by atoms with Crippen molar-refractivity contribution in [1.82, 2.24) is 9.88 Å². The van der Waals surface area contributed by atoms with Crippen LogP contribution in [0.3, 0.4) is 0 Å². The number of nitrogens with zero attached hydrogens (tertiary/aromatic N) is 2. The molecule has 2 aromatic rings. The van der Waals surface area contributed by atoms with Crippen molar-refractivity contribution in [1.29, 1.82) is 0 Å². The van der Waals surface area contributed by atoms with E-state index in [0.29, 0.717) is 49.6 Å². The molecule has 0 unspecified atom stereocenters. The molecule has 1 aromatic carbocycles. The molecule has 2 heterocycles. The summed E-state index contributed by atoms with van der Waals surface area (Å²) in [6.45, 7) is 1.14. The van der Waals surface area contributed by atoms with Gasteiger partial charge in [0.1, 0.15) is 0 Å². The highest BCUT2D eigenvalue weighted by atomic mass is 32.1. The molecule has 1 saturated heterocycles. The van der Waals surface area contributed by atoms with Gasteiger partial charge in [-0.3, -0.25) is 14.9 Å². The van der Waals surface area contributed by atoms with Gasteiger partial charge in [-0.1, -0.05) is 18.2 Å². The molecule has 1 fully saturated rings. The van der Waals surface area contributed by atoms with Crippen molar-refractivity contribution in [2.75, 3.05) is 30.8 Å². The number of aromatic nitrogens is 1. The minimum atomic E-state index is -0.360. The number of thiazole rings is 1. The van der Waals surface area contributed by atoms with Gasteiger partial charge in [-0.05, 0) is 31.4 Å². The number of carbonyl (C=O) groups is 3. The molecule has 9 heteroatoms. The lowest BCUT2D eigenvalue weighted by Gasteiger charge is -2.30. The number of urea groups is 1. The van der Waals surface area contributed by atoms with Crippen LogP contribution in [0.25, 0.3) is 0 Å². The van der Waals surface area contributed by atoms with Gasteiger partial charge in [-0.25, -0.2) is 9.78 Å². The van der Waals surface area contributed by atoms with Crippen molar-refractivity contribution in [2.45, 2.75) is 25.7 Å². The third-order valence-corrected chi connectivity index (χ3v) is 5.59. The number of benzene rings is 1. The molecule has 3 amide bonds. The van der Waals surface area contributed by atoms with Gasteiger partial charge in [0.15, 0.2) is 5.13 Å². The van der Waals surface area contributed by atoms with E-state index >= 15 is 0 Å². The van der Waals surface area contributed by atoms with E-state index in [1.165, 1.54) is 18.4 Å². The normalized spacial score (nSPS) is 14.3. The van der Waals surface area contributed by atoms with E-state index in [9.17, 15) is 14.4 Å². The average Bonchev–Trinajstić information content (AvgIpc) is 3.19. The predicted molar refractivity (Wildman–Crippen MR) is 111 cm³/mol. The number of ether oxygens (including phenoxy) is 1. The molecule has 2 N–H and O–H groups in total. The summed E-state index contributed by atoms with van der Waals surface area (Å²) in [5.41, 5.74) is 1.46. The molecule has 0 atom stereocenters. The van der Waals surface area contributed by atoms with Crippen LogP contribution < -0.4 is 10.6 Å². The first-order valence-electron chi connectivity index (χ1n) is 9.48. The van der Waals surface area contributed by atoms with Crippen LogP contribution in [0.5, 0.6) is 0 Å². The first kappa shape index (κ1) is 20.8. The molecule has 0 radical (unpaired) electrons. The van der Waals surface area contributed by atoms with Crippen LogP contribution in [0.1, 0.15) is 25.0 Å².